The van der Waals surface area contributed by atoms with Crippen LogP contribution in [0, 0.1) is 11.3 Å². The van der Waals surface area contributed by atoms with E-state index in [1.807, 2.05) is 24.4 Å². The molecule has 0 bridgehead atoms. The van der Waals surface area contributed by atoms with Crippen LogP contribution in [0.5, 0.6) is 0 Å². The van der Waals surface area contributed by atoms with Crippen molar-refractivity contribution >= 4 is 11.6 Å². The monoisotopic (exact) mass is 324 g/mol. The molecular weight excluding hydrogens is 304 g/mol. The third kappa shape index (κ3) is 3.78. The van der Waals surface area contributed by atoms with Crippen LogP contribution in [0.4, 0.5) is 11.6 Å². The van der Waals surface area contributed by atoms with Crippen molar-refractivity contribution in [2.45, 2.75) is 32.6 Å². The number of hydrogen-bond donors (Lipinski definition) is 1. The summed E-state index contributed by atoms with van der Waals surface area (Å²) in [6.07, 6.45) is 5.32. The highest BCUT2D eigenvalue weighted by molar-refractivity contribution is 5.47. The number of rotatable bonds is 4. The minimum Gasteiger partial charge on any atom is -0.372 e. The van der Waals surface area contributed by atoms with E-state index in [1.54, 1.807) is 6.20 Å². The van der Waals surface area contributed by atoms with Gasteiger partial charge in [0.2, 0.25) is 0 Å². The average Bonchev–Trinajstić information content (AvgIpc) is 2.60. The number of hydrogen-bond acceptors (Lipinski definition) is 7. The van der Waals surface area contributed by atoms with E-state index in [-0.39, 0.29) is 12.2 Å². The highest BCUT2D eigenvalue weighted by Crippen LogP contribution is 2.18. The minimum absolute atomic E-state index is 0.206. The second-order valence-electron chi connectivity index (χ2n) is 5.91. The lowest BCUT2D eigenvalue weighted by Gasteiger charge is -2.36. The van der Waals surface area contributed by atoms with Gasteiger partial charge < -0.3 is 15.0 Å². The number of aromatic nitrogens is 3. The first kappa shape index (κ1) is 16.1. The van der Waals surface area contributed by atoms with Gasteiger partial charge in [-0.2, -0.15) is 5.26 Å². The quantitative estimate of drug-likeness (QED) is 0.920. The summed E-state index contributed by atoms with van der Waals surface area (Å²) in [6.45, 7) is 6.39. The molecule has 1 fully saturated rings. The van der Waals surface area contributed by atoms with E-state index in [2.05, 4.69) is 39.0 Å². The fourth-order valence-corrected chi connectivity index (χ4v) is 2.81. The Kier molecular flexibility index (Phi) is 4.87. The van der Waals surface area contributed by atoms with E-state index in [1.165, 1.54) is 6.20 Å². The first-order valence-electron chi connectivity index (χ1n) is 7.96. The first-order valence-corrected chi connectivity index (χ1v) is 7.96. The molecule has 1 saturated heterocycles. The van der Waals surface area contributed by atoms with Gasteiger partial charge in [0.15, 0.2) is 11.5 Å². The van der Waals surface area contributed by atoms with Crippen LogP contribution in [0.15, 0.2) is 30.7 Å². The molecule has 124 valence electrons. The van der Waals surface area contributed by atoms with Gasteiger partial charge in [0, 0.05) is 38.2 Å². The molecule has 2 aromatic rings. The van der Waals surface area contributed by atoms with Crippen LogP contribution in [-0.2, 0) is 11.3 Å². The zero-order valence-electron chi connectivity index (χ0n) is 13.8. The molecule has 0 aliphatic carbocycles. The summed E-state index contributed by atoms with van der Waals surface area (Å²) < 4.78 is 5.75. The van der Waals surface area contributed by atoms with E-state index >= 15 is 0 Å². The number of nitriles is 1. The number of morpholine rings is 1. The summed E-state index contributed by atoms with van der Waals surface area (Å²) in [5.74, 6) is 1.44. The molecule has 0 spiro atoms. The van der Waals surface area contributed by atoms with E-state index < -0.39 is 0 Å². The Balaban J connectivity index is 1.64. The third-order valence-electron chi connectivity index (χ3n) is 3.82. The second-order valence-corrected chi connectivity index (χ2v) is 5.91. The van der Waals surface area contributed by atoms with E-state index in [0.29, 0.717) is 18.1 Å². The molecule has 2 atom stereocenters. The van der Waals surface area contributed by atoms with Crippen LogP contribution < -0.4 is 10.2 Å². The summed E-state index contributed by atoms with van der Waals surface area (Å²) in [5, 5.41) is 12.1. The Bertz CT molecular complexity index is 717. The molecule has 1 aliphatic heterocycles. The SMILES string of the molecule is CC1CN(c2ccc(CNc3nccnc3C#N)cn2)CC(C)O1. The predicted octanol–water partition coefficient (Wildman–Crippen LogP) is 1.97. The van der Waals surface area contributed by atoms with E-state index in [0.717, 1.165) is 24.5 Å². The highest BCUT2D eigenvalue weighted by atomic mass is 16.5. The second kappa shape index (κ2) is 7.23. The number of anilines is 2. The molecule has 0 aromatic carbocycles. The molecule has 0 amide bonds. The topological polar surface area (TPSA) is 87.0 Å². The normalized spacial score (nSPS) is 20.5. The predicted molar refractivity (Wildman–Crippen MR) is 90.5 cm³/mol. The molecule has 24 heavy (non-hydrogen) atoms. The molecule has 2 aromatic heterocycles. The van der Waals surface area contributed by atoms with Crippen LogP contribution in [0.3, 0.4) is 0 Å². The molecular formula is C17H20N6O. The molecule has 1 N–H and O–H groups in total. The number of pyridine rings is 1. The van der Waals surface area contributed by atoms with Gasteiger partial charge in [0.1, 0.15) is 11.9 Å². The standard InChI is InChI=1S/C17H20N6O/c1-12-10-23(11-13(2)24-12)16-4-3-14(8-21-16)9-22-17-15(7-18)19-5-6-20-17/h3-6,8,12-13H,9-11H2,1-2H3,(H,20,22). The van der Waals surface area contributed by atoms with Crippen LogP contribution >= 0.6 is 0 Å². The zero-order valence-corrected chi connectivity index (χ0v) is 13.8. The third-order valence-corrected chi connectivity index (χ3v) is 3.82. The maximum Gasteiger partial charge on any atom is 0.182 e. The Morgan fingerprint density at radius 1 is 1.21 bits per heavy atom. The number of nitrogens with zero attached hydrogens (tertiary/aromatic N) is 5. The van der Waals surface area contributed by atoms with Gasteiger partial charge in [-0.05, 0) is 25.5 Å². The smallest absolute Gasteiger partial charge is 0.182 e. The van der Waals surface area contributed by atoms with Crippen molar-refractivity contribution in [2.75, 3.05) is 23.3 Å². The Morgan fingerprint density at radius 3 is 2.62 bits per heavy atom. The molecule has 3 rings (SSSR count). The van der Waals surface area contributed by atoms with Crippen molar-refractivity contribution in [1.82, 2.24) is 15.0 Å². The van der Waals surface area contributed by atoms with Crippen LogP contribution in [0.25, 0.3) is 0 Å². The van der Waals surface area contributed by atoms with Gasteiger partial charge in [-0.15, -0.1) is 0 Å². The summed E-state index contributed by atoms with van der Waals surface area (Å²) in [4.78, 5) is 14.9. The summed E-state index contributed by atoms with van der Waals surface area (Å²) in [7, 11) is 0. The van der Waals surface area contributed by atoms with Crippen molar-refractivity contribution in [2.24, 2.45) is 0 Å². The number of nitrogens with one attached hydrogen (secondary N) is 1. The Hall–Kier alpha value is -2.72. The van der Waals surface area contributed by atoms with Gasteiger partial charge in [0.25, 0.3) is 0 Å². The lowest BCUT2D eigenvalue weighted by atomic mass is 10.2. The van der Waals surface area contributed by atoms with Gasteiger partial charge >= 0.3 is 0 Å². The van der Waals surface area contributed by atoms with Gasteiger partial charge in [-0.3, -0.25) is 0 Å². The fraction of sp³-hybridized carbons (Fsp3) is 0.412. The van der Waals surface area contributed by atoms with Crippen LogP contribution in [0.1, 0.15) is 25.1 Å². The molecule has 0 radical (unpaired) electrons. The summed E-state index contributed by atoms with van der Waals surface area (Å²) in [5.41, 5.74) is 1.31. The molecule has 7 nitrogen and oxygen atoms in total. The molecule has 7 heteroatoms. The number of ether oxygens (including phenoxy) is 1. The van der Waals surface area contributed by atoms with E-state index in [9.17, 15) is 0 Å². The lowest BCUT2D eigenvalue weighted by molar-refractivity contribution is -0.00545. The zero-order chi connectivity index (χ0) is 16.9. The van der Waals surface area contributed by atoms with Crippen LogP contribution in [-0.4, -0.2) is 40.2 Å². The first-order chi connectivity index (χ1) is 11.7. The highest BCUT2D eigenvalue weighted by Gasteiger charge is 2.22. The lowest BCUT2D eigenvalue weighted by Crippen LogP contribution is -2.45. The van der Waals surface area contributed by atoms with Crippen molar-refractivity contribution in [3.63, 3.8) is 0 Å². The molecule has 0 saturated carbocycles. The van der Waals surface area contributed by atoms with Crippen molar-refractivity contribution in [3.8, 4) is 6.07 Å². The Labute approximate surface area is 141 Å². The fourth-order valence-electron chi connectivity index (χ4n) is 2.81. The maximum atomic E-state index is 9.02. The molecule has 2 unspecified atom stereocenters. The minimum atomic E-state index is 0.206. The Morgan fingerprint density at radius 2 is 1.96 bits per heavy atom. The average molecular weight is 324 g/mol. The summed E-state index contributed by atoms with van der Waals surface area (Å²) >= 11 is 0. The van der Waals surface area contributed by atoms with Crippen molar-refractivity contribution in [1.29, 1.82) is 5.26 Å². The van der Waals surface area contributed by atoms with Crippen LogP contribution in [0.2, 0.25) is 0 Å². The van der Waals surface area contributed by atoms with Gasteiger partial charge in [-0.1, -0.05) is 6.07 Å². The van der Waals surface area contributed by atoms with E-state index in [4.69, 9.17) is 10.00 Å². The largest absolute Gasteiger partial charge is 0.372 e. The maximum absolute atomic E-state index is 9.02. The van der Waals surface area contributed by atoms with Gasteiger partial charge in [0.05, 0.1) is 12.2 Å². The summed E-state index contributed by atoms with van der Waals surface area (Å²) in [6, 6.07) is 6.07. The van der Waals surface area contributed by atoms with Crippen molar-refractivity contribution in [3.05, 3.63) is 42.0 Å². The van der Waals surface area contributed by atoms with Crippen molar-refractivity contribution < 1.29 is 4.74 Å². The molecule has 1 aliphatic rings. The molecule has 3 heterocycles. The van der Waals surface area contributed by atoms with Gasteiger partial charge in [-0.25, -0.2) is 15.0 Å².